The third kappa shape index (κ3) is 4.98. The Morgan fingerprint density at radius 3 is 2.75 bits per heavy atom. The number of carbonyl (C=O) groups excluding carboxylic acids is 1. The molecule has 24 heavy (non-hydrogen) atoms. The highest BCUT2D eigenvalue weighted by atomic mass is 32.1. The summed E-state index contributed by atoms with van der Waals surface area (Å²) in [4.78, 5) is 19.0. The van der Waals surface area contributed by atoms with Gasteiger partial charge in [0.25, 0.3) is 0 Å². The quantitative estimate of drug-likeness (QED) is 0.822. The summed E-state index contributed by atoms with van der Waals surface area (Å²) in [7, 11) is 1.69. The molecule has 0 atom stereocenters. The molecule has 9 heteroatoms. The average molecular weight is 352 g/mol. The van der Waals surface area contributed by atoms with Gasteiger partial charge in [0.15, 0.2) is 5.82 Å². The van der Waals surface area contributed by atoms with E-state index in [9.17, 15) is 4.79 Å². The molecule has 0 aromatic carbocycles. The molecule has 0 unspecified atom stereocenters. The molecule has 0 saturated heterocycles. The zero-order valence-electron chi connectivity index (χ0n) is 14.7. The van der Waals surface area contributed by atoms with Crippen LogP contribution in [0.15, 0.2) is 4.52 Å². The minimum Gasteiger partial charge on any atom is -0.337 e. The molecule has 0 aliphatic rings. The van der Waals surface area contributed by atoms with Gasteiger partial charge in [0, 0.05) is 13.5 Å². The lowest BCUT2D eigenvalue weighted by Gasteiger charge is -2.15. The Morgan fingerprint density at radius 1 is 1.33 bits per heavy atom. The van der Waals surface area contributed by atoms with Gasteiger partial charge in [-0.05, 0) is 23.4 Å². The van der Waals surface area contributed by atoms with Crippen LogP contribution < -0.4 is 5.32 Å². The monoisotopic (exact) mass is 352 g/mol. The van der Waals surface area contributed by atoms with Crippen LogP contribution in [0.4, 0.5) is 4.79 Å². The van der Waals surface area contributed by atoms with Crippen molar-refractivity contribution in [2.24, 2.45) is 5.92 Å². The summed E-state index contributed by atoms with van der Waals surface area (Å²) in [6.45, 7) is 8.98. The Labute approximate surface area is 145 Å². The van der Waals surface area contributed by atoms with Crippen LogP contribution in [0, 0.1) is 5.92 Å². The van der Waals surface area contributed by atoms with Crippen LogP contribution in [-0.4, -0.2) is 37.7 Å². The molecule has 0 aliphatic heterocycles. The second kappa shape index (κ2) is 8.18. The average Bonchev–Trinajstić information content (AvgIpc) is 3.13. The highest BCUT2D eigenvalue weighted by Gasteiger charge is 2.16. The van der Waals surface area contributed by atoms with Gasteiger partial charge >= 0.3 is 6.03 Å². The molecule has 8 nitrogen and oxygen atoms in total. The molecule has 0 aliphatic carbocycles. The van der Waals surface area contributed by atoms with Crippen LogP contribution in [0.5, 0.6) is 0 Å². The smallest absolute Gasteiger partial charge is 0.317 e. The number of nitrogens with one attached hydrogen (secondary N) is 1. The predicted molar refractivity (Wildman–Crippen MR) is 90.5 cm³/mol. The van der Waals surface area contributed by atoms with Gasteiger partial charge in [0.05, 0.1) is 17.1 Å². The van der Waals surface area contributed by atoms with Crippen molar-refractivity contribution >= 4 is 17.6 Å². The number of rotatable bonds is 7. The topological polar surface area (TPSA) is 97.0 Å². The molecule has 0 fully saturated rings. The molecule has 0 spiro atoms. The van der Waals surface area contributed by atoms with Crippen molar-refractivity contribution in [1.82, 2.24) is 29.9 Å². The van der Waals surface area contributed by atoms with E-state index < -0.39 is 0 Å². The number of hydrogen-bond acceptors (Lipinski definition) is 7. The summed E-state index contributed by atoms with van der Waals surface area (Å²) >= 11 is 1.31. The highest BCUT2D eigenvalue weighted by molar-refractivity contribution is 7.05. The first-order valence-corrected chi connectivity index (χ1v) is 8.75. The Balaban J connectivity index is 1.86. The second-order valence-corrected chi connectivity index (χ2v) is 7.29. The number of amides is 2. The van der Waals surface area contributed by atoms with Crippen molar-refractivity contribution < 1.29 is 9.32 Å². The largest absolute Gasteiger partial charge is 0.337 e. The zero-order chi connectivity index (χ0) is 17.7. The molecule has 2 aromatic heterocycles. The zero-order valence-corrected chi connectivity index (χ0v) is 15.6. The molecule has 2 heterocycles. The number of hydrogen-bond donors (Lipinski definition) is 1. The van der Waals surface area contributed by atoms with Crippen molar-refractivity contribution in [2.75, 3.05) is 7.05 Å². The molecule has 132 valence electrons. The Bertz CT molecular complexity index is 666. The maximum atomic E-state index is 12.2. The summed E-state index contributed by atoms with van der Waals surface area (Å²) in [5.41, 5.74) is 0.929. The molecule has 2 rings (SSSR count). The van der Waals surface area contributed by atoms with Crippen molar-refractivity contribution in [3.05, 3.63) is 22.3 Å². The first-order valence-electron chi connectivity index (χ1n) is 7.98. The number of aromatic nitrogens is 4. The molecular formula is C15H24N6O2S. The van der Waals surface area contributed by atoms with Crippen LogP contribution in [0.25, 0.3) is 0 Å². The van der Waals surface area contributed by atoms with Gasteiger partial charge in [-0.3, -0.25) is 0 Å². The lowest BCUT2D eigenvalue weighted by molar-refractivity contribution is 0.199. The summed E-state index contributed by atoms with van der Waals surface area (Å²) in [5, 5.41) is 10.9. The third-order valence-electron chi connectivity index (χ3n) is 3.35. The number of carbonyl (C=O) groups is 1. The summed E-state index contributed by atoms with van der Waals surface area (Å²) in [5.74, 6) is 1.85. The first kappa shape index (κ1) is 18.3. The summed E-state index contributed by atoms with van der Waals surface area (Å²) < 4.78 is 9.14. The molecule has 2 amide bonds. The van der Waals surface area contributed by atoms with Crippen LogP contribution in [0.1, 0.15) is 55.9 Å². The van der Waals surface area contributed by atoms with Gasteiger partial charge in [0.2, 0.25) is 5.89 Å². The molecule has 0 bridgehead atoms. The third-order valence-corrected chi connectivity index (χ3v) is 4.09. The van der Waals surface area contributed by atoms with Crippen molar-refractivity contribution in [1.29, 1.82) is 0 Å². The SMILES string of the molecule is CC(C)Cc1noc(CN(C)C(=O)NCc2snnc2C(C)C)n1. The maximum absolute atomic E-state index is 12.2. The van der Waals surface area contributed by atoms with Crippen LogP contribution in [-0.2, 0) is 19.5 Å². The normalized spacial score (nSPS) is 11.3. The Hall–Kier alpha value is -2.03. The van der Waals surface area contributed by atoms with Gasteiger partial charge < -0.3 is 14.7 Å². The fourth-order valence-corrected chi connectivity index (χ4v) is 2.88. The maximum Gasteiger partial charge on any atom is 0.317 e. The van der Waals surface area contributed by atoms with Crippen LogP contribution in [0.3, 0.4) is 0 Å². The number of urea groups is 1. The predicted octanol–water partition coefficient (Wildman–Crippen LogP) is 2.58. The second-order valence-electron chi connectivity index (χ2n) is 6.45. The summed E-state index contributed by atoms with van der Waals surface area (Å²) in [6, 6.07) is -0.207. The van der Waals surface area contributed by atoms with E-state index in [1.807, 2.05) is 0 Å². The molecule has 2 aromatic rings. The molecule has 1 N–H and O–H groups in total. The van der Waals surface area contributed by atoms with E-state index in [-0.39, 0.29) is 18.5 Å². The van der Waals surface area contributed by atoms with Gasteiger partial charge in [-0.15, -0.1) is 5.10 Å². The van der Waals surface area contributed by atoms with Gasteiger partial charge in [-0.2, -0.15) is 4.98 Å². The van der Waals surface area contributed by atoms with E-state index in [4.69, 9.17) is 4.52 Å². The summed E-state index contributed by atoms with van der Waals surface area (Å²) in [6.07, 6.45) is 0.760. The Kier molecular flexibility index (Phi) is 6.24. The van der Waals surface area contributed by atoms with Crippen molar-refractivity contribution in [3.8, 4) is 0 Å². The molecule has 0 saturated carbocycles. The highest BCUT2D eigenvalue weighted by Crippen LogP contribution is 2.19. The fourth-order valence-electron chi connectivity index (χ4n) is 2.14. The van der Waals surface area contributed by atoms with Gasteiger partial charge in [-0.1, -0.05) is 37.3 Å². The van der Waals surface area contributed by atoms with Crippen molar-refractivity contribution in [3.63, 3.8) is 0 Å². The number of nitrogens with zero attached hydrogens (tertiary/aromatic N) is 5. The first-order chi connectivity index (χ1) is 11.4. The molecule has 0 radical (unpaired) electrons. The minimum absolute atomic E-state index is 0.207. The van der Waals surface area contributed by atoms with E-state index >= 15 is 0 Å². The molecular weight excluding hydrogens is 328 g/mol. The van der Waals surface area contributed by atoms with E-state index in [1.165, 1.54) is 16.4 Å². The van der Waals surface area contributed by atoms with Gasteiger partial charge in [-0.25, -0.2) is 4.79 Å². The van der Waals surface area contributed by atoms with E-state index in [1.54, 1.807) is 7.05 Å². The van der Waals surface area contributed by atoms with E-state index in [0.717, 1.165) is 17.0 Å². The lowest BCUT2D eigenvalue weighted by atomic mass is 10.1. The van der Waals surface area contributed by atoms with Crippen LogP contribution >= 0.6 is 11.5 Å². The van der Waals surface area contributed by atoms with E-state index in [2.05, 4.69) is 52.7 Å². The van der Waals surface area contributed by atoms with Gasteiger partial charge in [0.1, 0.15) is 6.54 Å². The fraction of sp³-hybridized carbons (Fsp3) is 0.667. The van der Waals surface area contributed by atoms with Crippen molar-refractivity contribution in [2.45, 2.75) is 53.1 Å². The lowest BCUT2D eigenvalue weighted by Crippen LogP contribution is -2.36. The van der Waals surface area contributed by atoms with E-state index in [0.29, 0.717) is 24.2 Å². The Morgan fingerprint density at radius 2 is 2.08 bits per heavy atom. The standard InChI is InChI=1S/C15H24N6O2S/c1-9(2)6-12-17-13(23-19-12)8-21(5)15(22)16-7-11-14(10(3)4)18-20-24-11/h9-10H,6-8H2,1-5H3,(H,16,22). The minimum atomic E-state index is -0.207. The van der Waals surface area contributed by atoms with Crippen LogP contribution in [0.2, 0.25) is 0 Å².